The molecule has 0 saturated carbocycles. The zero-order chi connectivity index (χ0) is 53.2. The molecule has 7 aromatic carbocycles. The molecule has 68 heavy (non-hydrogen) atoms. The van der Waals surface area contributed by atoms with Crippen LogP contribution in [0.3, 0.4) is 0 Å². The molecule has 0 saturated heterocycles. The maximum Gasteiger partial charge on any atom is 0.149 e. The van der Waals surface area contributed by atoms with Crippen LogP contribution in [-0.4, -0.2) is 19.6 Å². The molecule has 2 heterocycles. The van der Waals surface area contributed by atoms with Gasteiger partial charge in [-0.25, -0.2) is 4.98 Å². The minimum Gasteiger partial charge on any atom is -0.507 e. The largest absolute Gasteiger partial charge is 0.507 e. The van der Waals surface area contributed by atoms with Crippen LogP contribution in [0.2, 0.25) is 0 Å². The average molecular weight is 898 g/mol. The quantitative estimate of drug-likeness (QED) is 0.133. The van der Waals surface area contributed by atoms with Crippen molar-refractivity contribution in [1.82, 2.24) is 14.5 Å². The van der Waals surface area contributed by atoms with Crippen LogP contribution < -0.4 is 0 Å². The first-order valence-electron chi connectivity index (χ1n) is 26.7. The number of nitrogens with zero attached hydrogens (tertiary/aromatic N) is 3. The van der Waals surface area contributed by atoms with Crippen molar-refractivity contribution in [2.75, 3.05) is 0 Å². The number of hydrogen-bond donors (Lipinski definition) is 1. The van der Waals surface area contributed by atoms with E-state index in [-0.39, 0.29) is 23.1 Å². The first kappa shape index (κ1) is 39.0. The van der Waals surface area contributed by atoms with E-state index < -0.39 is 24.5 Å². The van der Waals surface area contributed by atoms with Crippen molar-refractivity contribution in [1.29, 1.82) is 0 Å². The summed E-state index contributed by atoms with van der Waals surface area (Å²) in [4.78, 5) is 10.4. The predicted octanol–water partition coefficient (Wildman–Crippen LogP) is 18.1. The number of imidazole rings is 1. The molecule has 0 spiro atoms. The fourth-order valence-corrected chi connectivity index (χ4v) is 9.16. The molecule has 0 atom stereocenters. The van der Waals surface area contributed by atoms with Gasteiger partial charge in [0.1, 0.15) is 11.6 Å². The van der Waals surface area contributed by atoms with Crippen molar-refractivity contribution < 1.29 is 13.3 Å². The summed E-state index contributed by atoms with van der Waals surface area (Å²) in [5.74, 6) is -2.08. The smallest absolute Gasteiger partial charge is 0.149 e. The Bertz CT molecular complexity index is 3520. The third kappa shape index (κ3) is 9.05. The second kappa shape index (κ2) is 18.9. The van der Waals surface area contributed by atoms with Gasteiger partial charge in [0.05, 0.1) is 28.0 Å². The van der Waals surface area contributed by atoms with Gasteiger partial charge < -0.3 is 5.11 Å². The summed E-state index contributed by atoms with van der Waals surface area (Å²) in [5.41, 5.74) is 15.1. The number of hydrogen-bond acceptors (Lipinski definition) is 3. The number of phenolic OH excluding ortho intramolecular Hbond substituents is 1. The predicted molar refractivity (Wildman–Crippen MR) is 288 cm³/mol. The second-order valence-electron chi connectivity index (χ2n) is 19.5. The normalized spacial score (nSPS) is 13.8. The van der Waals surface area contributed by atoms with Crippen LogP contribution in [0.15, 0.2) is 158 Å². The maximum absolute atomic E-state index is 12.4. The van der Waals surface area contributed by atoms with Crippen molar-refractivity contribution >= 4 is 11.0 Å². The molecule has 0 aliphatic rings. The van der Waals surface area contributed by atoms with Gasteiger partial charge in [-0.3, -0.25) is 9.55 Å². The second-order valence-corrected chi connectivity index (χ2v) is 19.5. The number of phenols is 1. The first-order chi connectivity index (χ1) is 34.8. The topological polar surface area (TPSA) is 50.9 Å². The van der Waals surface area contributed by atoms with E-state index in [1.54, 1.807) is 6.07 Å². The molecule has 0 aliphatic carbocycles. The van der Waals surface area contributed by atoms with Crippen molar-refractivity contribution in [3.63, 3.8) is 0 Å². The number of rotatable bonds is 12. The number of aryl methyl sites for hydroxylation is 1. The molecule has 9 rings (SSSR count). The van der Waals surface area contributed by atoms with E-state index in [9.17, 15) is 5.11 Å². The van der Waals surface area contributed by atoms with E-state index in [1.807, 2.05) is 143 Å². The Morgan fingerprint density at radius 2 is 1.12 bits per heavy atom. The Hall–Kier alpha value is -7.04. The van der Waals surface area contributed by atoms with E-state index >= 15 is 0 Å². The number of pyridine rings is 1. The van der Waals surface area contributed by atoms with Crippen molar-refractivity contribution in [2.24, 2.45) is 0 Å². The highest BCUT2D eigenvalue weighted by atomic mass is 16.3. The molecule has 0 amide bonds. The number of para-hydroxylation sites is 1. The first-order valence-corrected chi connectivity index (χ1v) is 23.7. The lowest BCUT2D eigenvalue weighted by molar-refractivity contribution is 0.466. The minimum absolute atomic E-state index is 0.0258. The lowest BCUT2D eigenvalue weighted by Gasteiger charge is -2.19. The Morgan fingerprint density at radius 3 is 1.78 bits per heavy atom. The van der Waals surface area contributed by atoms with E-state index in [0.717, 1.165) is 78.0 Å². The van der Waals surface area contributed by atoms with Crippen LogP contribution in [0.5, 0.6) is 5.75 Å². The number of aromatic nitrogens is 3. The molecule has 1 N–H and O–H groups in total. The van der Waals surface area contributed by atoms with Gasteiger partial charge in [0.2, 0.25) is 0 Å². The molecule has 2 aromatic heterocycles. The molecule has 0 unspecified atom stereocenters. The van der Waals surface area contributed by atoms with E-state index in [0.29, 0.717) is 33.7 Å². The van der Waals surface area contributed by atoms with Crippen molar-refractivity contribution in [2.45, 2.75) is 106 Å². The summed E-state index contributed by atoms with van der Waals surface area (Å²) in [6, 6.07) is 50.1. The average Bonchev–Trinajstić information content (AvgIpc) is 3.74. The summed E-state index contributed by atoms with van der Waals surface area (Å²) in [7, 11) is 0. The molecular weight excluding hydrogens is 827 g/mol. The van der Waals surface area contributed by atoms with Gasteiger partial charge in [0, 0.05) is 25.5 Å². The standard InChI is InChI=1S/C64H65N3O/c1-38(2)44-20-22-46(23-21-44)48-26-27-65-59(37-48)55-33-52(45-16-13-12-14-17-45)32-54(34-55)56-18-15-19-61-62(56)66-64(58-36-51(41(7)8)35-57(42(9)10)63(58)68)67(61)60-25-24-47(28-43(60)11)53-30-49(39(3)4)29-50(31-53)40(5)6/h12-42,68H,1-11H3/i11D3,38D,39D,40D. The van der Waals surface area contributed by atoms with E-state index in [1.165, 1.54) is 0 Å². The molecular formula is C64H65N3O. The summed E-state index contributed by atoms with van der Waals surface area (Å²) < 4.78 is 55.7. The summed E-state index contributed by atoms with van der Waals surface area (Å²) >= 11 is 0. The summed E-state index contributed by atoms with van der Waals surface area (Å²) in [6.07, 6.45) is 1.83. The van der Waals surface area contributed by atoms with Gasteiger partial charge >= 0.3 is 0 Å². The van der Waals surface area contributed by atoms with Crippen LogP contribution in [0, 0.1) is 6.85 Å². The Kier molecular flexibility index (Phi) is 10.9. The molecule has 0 fully saturated rings. The van der Waals surface area contributed by atoms with Crippen molar-refractivity contribution in [3.8, 4) is 78.6 Å². The Labute approximate surface area is 412 Å². The minimum atomic E-state index is -2.60. The highest BCUT2D eigenvalue weighted by Gasteiger charge is 2.25. The molecule has 342 valence electrons. The van der Waals surface area contributed by atoms with E-state index in [2.05, 4.69) is 82.3 Å². The SMILES string of the molecule is [2H]C([2H])([2H])c1cc(-c2cc(C([2H])(C)C)cc(C([2H])(C)C)c2)ccc1-n1c(-c2cc(C(C)C)cc(C(C)C)c2O)nc2c(-c3cc(-c4ccccc4)cc(-c4cc(-c5ccc(C([2H])(C)C)cc5)ccn4)c3)cccc21. The molecule has 0 bridgehead atoms. The van der Waals surface area contributed by atoms with Crippen LogP contribution in [0.1, 0.15) is 140 Å². The maximum atomic E-state index is 12.4. The van der Waals surface area contributed by atoms with Gasteiger partial charge in [-0.15, -0.1) is 0 Å². The molecule has 9 aromatic rings. The van der Waals surface area contributed by atoms with Gasteiger partial charge in [-0.2, -0.15) is 0 Å². The monoisotopic (exact) mass is 898 g/mol. The highest BCUT2D eigenvalue weighted by Crippen LogP contribution is 2.44. The Balaban J connectivity index is 1.31. The van der Waals surface area contributed by atoms with Crippen LogP contribution in [0.4, 0.5) is 0 Å². The van der Waals surface area contributed by atoms with E-state index in [4.69, 9.17) is 18.2 Å². The van der Waals surface area contributed by atoms with Gasteiger partial charge in [-0.05, 0) is 163 Å². The number of benzene rings is 7. The molecule has 4 nitrogen and oxygen atoms in total. The molecule has 0 radical (unpaired) electrons. The molecule has 4 heteroatoms. The fourth-order valence-electron chi connectivity index (χ4n) is 9.16. The van der Waals surface area contributed by atoms with Gasteiger partial charge in [0.15, 0.2) is 0 Å². The summed E-state index contributed by atoms with van der Waals surface area (Å²) in [5, 5.41) is 12.4. The lowest BCUT2D eigenvalue weighted by Crippen LogP contribution is -2.03. The fraction of sp³-hybridized carbons (Fsp3) is 0.250. The summed E-state index contributed by atoms with van der Waals surface area (Å²) in [6.45, 7) is 16.8. The number of fused-ring (bicyclic) bond motifs is 1. The molecule has 0 aliphatic heterocycles. The number of aromatic hydroxyl groups is 1. The zero-order valence-electron chi connectivity index (χ0n) is 47.0. The van der Waals surface area contributed by atoms with Crippen LogP contribution in [-0.2, 0) is 0 Å². The highest BCUT2D eigenvalue weighted by molar-refractivity contribution is 5.98. The van der Waals surface area contributed by atoms with Gasteiger partial charge in [-0.1, -0.05) is 166 Å². The lowest BCUT2D eigenvalue weighted by atomic mass is 9.90. The van der Waals surface area contributed by atoms with Crippen LogP contribution in [0.25, 0.3) is 83.9 Å². The third-order valence-electron chi connectivity index (χ3n) is 13.2. The van der Waals surface area contributed by atoms with Crippen molar-refractivity contribution in [3.05, 3.63) is 191 Å². The Morgan fingerprint density at radius 1 is 0.485 bits per heavy atom. The zero-order valence-corrected chi connectivity index (χ0v) is 41.0. The van der Waals surface area contributed by atoms with Gasteiger partial charge in [0.25, 0.3) is 0 Å². The van der Waals surface area contributed by atoms with Crippen LogP contribution >= 0.6 is 0 Å². The third-order valence-corrected chi connectivity index (χ3v) is 13.2.